The molecule has 0 amide bonds. The number of rotatable bonds is 4. The Morgan fingerprint density at radius 2 is 1.61 bits per heavy atom. The van der Waals surface area contributed by atoms with Crippen LogP contribution in [0.3, 0.4) is 0 Å². The number of hydrogen-bond donors (Lipinski definition) is 2. The highest BCUT2D eigenvalue weighted by atomic mass is 16.5. The molecule has 0 aliphatic heterocycles. The van der Waals surface area contributed by atoms with Crippen LogP contribution in [0, 0.1) is 13.8 Å². The predicted octanol–water partition coefficient (Wildman–Crippen LogP) is 4.33. The smallest absolute Gasteiger partial charge is 0.246 e. The number of aryl methyl sites for hydroxylation is 2. The summed E-state index contributed by atoms with van der Waals surface area (Å²) in [4.78, 5) is 0. The van der Waals surface area contributed by atoms with Gasteiger partial charge < -0.3 is 24.2 Å². The fraction of sp³-hybridized carbons (Fsp3) is 0.190. The maximum Gasteiger partial charge on any atom is 0.246 e. The number of nitrogens with zero attached hydrogens (tertiary/aromatic N) is 2. The summed E-state index contributed by atoms with van der Waals surface area (Å²) in [5.41, 5.74) is 3.68. The lowest BCUT2D eigenvalue weighted by Crippen LogP contribution is -1.99. The van der Waals surface area contributed by atoms with Crippen molar-refractivity contribution in [3.8, 4) is 40.2 Å². The maximum atomic E-state index is 11.0. The van der Waals surface area contributed by atoms with Gasteiger partial charge in [0.05, 0.1) is 19.9 Å². The van der Waals surface area contributed by atoms with Gasteiger partial charge in [-0.1, -0.05) is 23.4 Å². The Morgan fingerprint density at radius 1 is 0.929 bits per heavy atom. The van der Waals surface area contributed by atoms with Crippen molar-refractivity contribution in [1.82, 2.24) is 9.72 Å². The number of aromatic nitrogens is 2. The number of methoxy groups -OCH3 is 2. The van der Waals surface area contributed by atoms with E-state index in [1.54, 1.807) is 32.4 Å². The average molecular weight is 380 g/mol. The van der Waals surface area contributed by atoms with E-state index >= 15 is 0 Å². The molecule has 2 aromatic carbocycles. The van der Waals surface area contributed by atoms with Gasteiger partial charge in [0.15, 0.2) is 11.5 Å². The molecule has 0 radical (unpaired) electrons. The number of para-hydroxylation sites is 1. The summed E-state index contributed by atoms with van der Waals surface area (Å²) >= 11 is 0. The van der Waals surface area contributed by atoms with E-state index in [1.807, 2.05) is 32.0 Å². The van der Waals surface area contributed by atoms with Crippen molar-refractivity contribution in [2.24, 2.45) is 0 Å². The van der Waals surface area contributed by atoms with Crippen molar-refractivity contribution in [3.05, 3.63) is 47.5 Å². The zero-order valence-corrected chi connectivity index (χ0v) is 16.0. The van der Waals surface area contributed by atoms with Crippen molar-refractivity contribution in [3.63, 3.8) is 0 Å². The SMILES string of the molecule is COc1ccc(-c2noc3c(O)n(-c4c(C)cccc4C)c(O)c23)cc1OC. The number of fused-ring (bicyclic) bond motifs is 1. The molecular weight excluding hydrogens is 360 g/mol. The molecule has 0 aliphatic rings. The molecule has 2 heterocycles. The minimum atomic E-state index is -0.205. The van der Waals surface area contributed by atoms with Crippen LogP contribution in [-0.4, -0.2) is 34.2 Å². The summed E-state index contributed by atoms with van der Waals surface area (Å²) in [5.74, 6) is 0.750. The predicted molar refractivity (Wildman–Crippen MR) is 105 cm³/mol. The fourth-order valence-corrected chi connectivity index (χ4v) is 3.51. The molecule has 0 saturated heterocycles. The Bertz CT molecular complexity index is 1170. The number of aromatic hydroxyl groups is 2. The highest BCUT2D eigenvalue weighted by Crippen LogP contribution is 2.45. The second kappa shape index (κ2) is 6.53. The Morgan fingerprint density at radius 3 is 2.25 bits per heavy atom. The van der Waals surface area contributed by atoms with E-state index in [0.29, 0.717) is 33.8 Å². The summed E-state index contributed by atoms with van der Waals surface area (Å²) in [6, 6.07) is 11.0. The first-order valence-corrected chi connectivity index (χ1v) is 8.69. The van der Waals surface area contributed by atoms with Gasteiger partial charge in [-0.3, -0.25) is 0 Å². The van der Waals surface area contributed by atoms with E-state index in [1.165, 1.54) is 4.57 Å². The Hall–Kier alpha value is -3.61. The summed E-state index contributed by atoms with van der Waals surface area (Å²) < 4.78 is 17.4. The van der Waals surface area contributed by atoms with Crippen molar-refractivity contribution < 1.29 is 24.2 Å². The van der Waals surface area contributed by atoms with E-state index in [9.17, 15) is 10.2 Å². The summed E-state index contributed by atoms with van der Waals surface area (Å²) in [6.45, 7) is 3.83. The molecule has 0 bridgehead atoms. The molecule has 0 aliphatic carbocycles. The molecule has 144 valence electrons. The quantitative estimate of drug-likeness (QED) is 0.548. The van der Waals surface area contributed by atoms with Gasteiger partial charge >= 0.3 is 0 Å². The molecular formula is C21H20N2O5. The van der Waals surface area contributed by atoms with E-state index in [0.717, 1.165) is 11.1 Å². The summed E-state index contributed by atoms with van der Waals surface area (Å²) in [7, 11) is 3.10. The molecule has 0 unspecified atom stereocenters. The molecule has 0 saturated carbocycles. The largest absolute Gasteiger partial charge is 0.494 e. The Balaban J connectivity index is 1.97. The van der Waals surface area contributed by atoms with Crippen molar-refractivity contribution in [2.45, 2.75) is 13.8 Å². The van der Waals surface area contributed by atoms with Crippen LogP contribution in [0.1, 0.15) is 11.1 Å². The lowest BCUT2D eigenvalue weighted by molar-refractivity contribution is 0.355. The maximum absolute atomic E-state index is 11.0. The second-order valence-electron chi connectivity index (χ2n) is 6.53. The first-order valence-electron chi connectivity index (χ1n) is 8.69. The minimum Gasteiger partial charge on any atom is -0.494 e. The monoisotopic (exact) mass is 380 g/mol. The van der Waals surface area contributed by atoms with Gasteiger partial charge in [-0.05, 0) is 43.2 Å². The number of hydrogen-bond acceptors (Lipinski definition) is 6. The van der Waals surface area contributed by atoms with Crippen LogP contribution in [0.15, 0.2) is 40.9 Å². The van der Waals surface area contributed by atoms with Gasteiger partial charge in [0.1, 0.15) is 11.1 Å². The third-order valence-corrected chi connectivity index (χ3v) is 4.86. The van der Waals surface area contributed by atoms with E-state index in [-0.39, 0.29) is 17.3 Å². The molecule has 0 spiro atoms. The van der Waals surface area contributed by atoms with Crippen molar-refractivity contribution in [1.29, 1.82) is 0 Å². The van der Waals surface area contributed by atoms with E-state index < -0.39 is 0 Å². The lowest BCUT2D eigenvalue weighted by Gasteiger charge is -2.13. The molecule has 0 fully saturated rings. The number of benzene rings is 2. The van der Waals surface area contributed by atoms with Gasteiger partial charge in [-0.15, -0.1) is 0 Å². The molecule has 7 nitrogen and oxygen atoms in total. The normalized spacial score (nSPS) is 11.1. The zero-order chi connectivity index (χ0) is 20.0. The van der Waals surface area contributed by atoms with Gasteiger partial charge in [0.25, 0.3) is 0 Å². The van der Waals surface area contributed by atoms with Crippen molar-refractivity contribution in [2.75, 3.05) is 14.2 Å². The standard InChI is InChI=1S/C21H20N2O5/c1-11-6-5-7-12(2)18(11)23-20(24)16-17(22-28-19(16)21(23)25)13-8-9-14(26-3)15(10-13)27-4/h5-10,24-25H,1-4H3. The molecule has 7 heteroatoms. The van der Waals surface area contributed by atoms with Crippen LogP contribution in [0.5, 0.6) is 23.3 Å². The van der Waals surface area contributed by atoms with E-state index in [4.69, 9.17) is 14.0 Å². The van der Waals surface area contributed by atoms with E-state index in [2.05, 4.69) is 5.16 Å². The third kappa shape index (κ3) is 2.47. The highest BCUT2D eigenvalue weighted by Gasteiger charge is 2.27. The second-order valence-corrected chi connectivity index (χ2v) is 6.53. The van der Waals surface area contributed by atoms with Crippen LogP contribution in [0.25, 0.3) is 27.9 Å². The van der Waals surface area contributed by atoms with Crippen molar-refractivity contribution >= 4 is 11.0 Å². The Labute approximate surface area is 161 Å². The fourth-order valence-electron chi connectivity index (χ4n) is 3.51. The van der Waals surface area contributed by atoms with Crippen LogP contribution in [0.4, 0.5) is 0 Å². The first kappa shape index (κ1) is 17.8. The van der Waals surface area contributed by atoms with Crippen LogP contribution in [-0.2, 0) is 0 Å². The minimum absolute atomic E-state index is 0.116. The van der Waals surface area contributed by atoms with Crippen LogP contribution < -0.4 is 9.47 Å². The highest BCUT2D eigenvalue weighted by molar-refractivity contribution is 6.00. The lowest BCUT2D eigenvalue weighted by atomic mass is 10.1. The first-order chi connectivity index (χ1) is 13.5. The molecule has 2 N–H and O–H groups in total. The summed E-state index contributed by atoms with van der Waals surface area (Å²) in [6.07, 6.45) is 0. The summed E-state index contributed by atoms with van der Waals surface area (Å²) in [5, 5.41) is 26.1. The Kier molecular flexibility index (Phi) is 4.15. The molecule has 2 aromatic heterocycles. The molecule has 4 aromatic rings. The van der Waals surface area contributed by atoms with Gasteiger partial charge in [-0.25, -0.2) is 4.57 Å². The third-order valence-electron chi connectivity index (χ3n) is 4.86. The van der Waals surface area contributed by atoms with Gasteiger partial charge in [0.2, 0.25) is 17.3 Å². The molecule has 0 atom stereocenters. The molecule has 4 rings (SSSR count). The zero-order valence-electron chi connectivity index (χ0n) is 16.0. The van der Waals surface area contributed by atoms with Gasteiger partial charge in [-0.2, -0.15) is 0 Å². The van der Waals surface area contributed by atoms with Gasteiger partial charge in [0, 0.05) is 5.56 Å². The topological polar surface area (TPSA) is 89.9 Å². The number of ether oxygens (including phenoxy) is 2. The van der Waals surface area contributed by atoms with Crippen LogP contribution in [0.2, 0.25) is 0 Å². The molecule has 28 heavy (non-hydrogen) atoms. The van der Waals surface area contributed by atoms with Crippen LogP contribution >= 0.6 is 0 Å². The average Bonchev–Trinajstić information content (AvgIpc) is 3.23.